The van der Waals surface area contributed by atoms with Gasteiger partial charge in [-0.2, -0.15) is 26.3 Å². The number of thiazole rings is 1. The summed E-state index contributed by atoms with van der Waals surface area (Å²) in [5, 5.41) is 14.2. The highest BCUT2D eigenvalue weighted by molar-refractivity contribution is 7.09. The Kier molecular flexibility index (Phi) is 11.1. The Labute approximate surface area is 217 Å². The van der Waals surface area contributed by atoms with Gasteiger partial charge in [-0.25, -0.2) is 14.6 Å². The zero-order valence-corrected chi connectivity index (χ0v) is 21.1. The van der Waals surface area contributed by atoms with E-state index < -0.39 is 24.3 Å². The molecule has 0 amide bonds. The van der Waals surface area contributed by atoms with Gasteiger partial charge in [0.15, 0.2) is 0 Å². The fourth-order valence-corrected chi connectivity index (χ4v) is 5.02. The summed E-state index contributed by atoms with van der Waals surface area (Å²) in [7, 11) is 1.86. The summed E-state index contributed by atoms with van der Waals surface area (Å²) in [6.07, 6.45) is -6.92. The number of likely N-dealkylation sites (tertiary alicyclic amines) is 2. The number of alkyl halides is 6. The van der Waals surface area contributed by atoms with E-state index in [0.717, 1.165) is 44.9 Å². The number of carbonyl (C=O) groups is 2. The number of aryl methyl sites for hydroxylation is 1. The second kappa shape index (κ2) is 13.4. The van der Waals surface area contributed by atoms with E-state index >= 15 is 0 Å². The fraction of sp³-hybridized carbons (Fsp3) is 0.591. The highest BCUT2D eigenvalue weighted by atomic mass is 32.1. The third kappa shape index (κ3) is 9.25. The molecule has 2 fully saturated rings. The van der Waals surface area contributed by atoms with Crippen LogP contribution < -0.4 is 0 Å². The molecule has 16 heteroatoms. The summed E-state index contributed by atoms with van der Waals surface area (Å²) in [4.78, 5) is 28.8. The lowest BCUT2D eigenvalue weighted by Gasteiger charge is -2.41. The number of carboxylic acids is 2. The molecular formula is C22H27F6N3O6S. The zero-order chi connectivity index (χ0) is 28.7. The number of hydrogen-bond donors (Lipinski definition) is 2. The standard InChI is InChI=1S/C18H25N3O2S.2C2HF3O2/c1-13-18(24-12-19-13)11-21-6-5-17(22-2)15-9-20(10-16(15)21)8-14-4-3-7-23-14;2*3-2(4,5)1(6)7/h3-4,7,12,15-17H,5-6,8-11H2,1-2H3;2*(H,6,7)/t15-,16+,17+;;/m0../s1. The number of fused-ring (bicyclic) bond motifs is 1. The van der Waals surface area contributed by atoms with Crippen LogP contribution in [0.3, 0.4) is 0 Å². The van der Waals surface area contributed by atoms with Crippen LogP contribution in [-0.2, 0) is 27.4 Å². The quantitative estimate of drug-likeness (QED) is 0.510. The van der Waals surface area contributed by atoms with Crippen LogP contribution in [0, 0.1) is 12.8 Å². The Hall–Kier alpha value is -2.69. The molecule has 2 aromatic rings. The second-order valence-electron chi connectivity index (χ2n) is 8.50. The van der Waals surface area contributed by atoms with Gasteiger partial charge < -0.3 is 19.4 Å². The number of ether oxygens (including phenoxy) is 1. The minimum absolute atomic E-state index is 0.371. The first kappa shape index (κ1) is 31.5. The van der Waals surface area contributed by atoms with Gasteiger partial charge in [-0.15, -0.1) is 11.3 Å². The van der Waals surface area contributed by atoms with Crippen molar-refractivity contribution in [1.29, 1.82) is 0 Å². The van der Waals surface area contributed by atoms with Crippen molar-refractivity contribution in [3.8, 4) is 0 Å². The van der Waals surface area contributed by atoms with E-state index in [2.05, 4.69) is 27.8 Å². The van der Waals surface area contributed by atoms with Crippen LogP contribution in [-0.4, -0.2) is 88.2 Å². The smallest absolute Gasteiger partial charge is 0.475 e. The van der Waals surface area contributed by atoms with Gasteiger partial charge in [0.1, 0.15) is 5.76 Å². The topological polar surface area (TPSA) is 116 Å². The number of carboxylic acid groups (broad SMARTS) is 2. The molecule has 38 heavy (non-hydrogen) atoms. The van der Waals surface area contributed by atoms with Crippen molar-refractivity contribution in [2.45, 2.75) is 50.9 Å². The molecule has 0 aliphatic carbocycles. The number of rotatable bonds is 5. The van der Waals surface area contributed by atoms with Crippen LogP contribution >= 0.6 is 11.3 Å². The number of nitrogens with zero attached hydrogens (tertiary/aromatic N) is 3. The normalized spacial score (nSPS) is 22.1. The Balaban J connectivity index is 0.000000301. The van der Waals surface area contributed by atoms with E-state index in [9.17, 15) is 26.3 Å². The number of methoxy groups -OCH3 is 1. The van der Waals surface area contributed by atoms with E-state index in [1.54, 1.807) is 17.6 Å². The molecule has 2 aliphatic heterocycles. The van der Waals surface area contributed by atoms with Gasteiger partial charge in [0.2, 0.25) is 0 Å². The van der Waals surface area contributed by atoms with E-state index in [1.807, 2.05) is 18.7 Å². The summed E-state index contributed by atoms with van der Waals surface area (Å²) in [5.74, 6) is -3.89. The van der Waals surface area contributed by atoms with E-state index in [-0.39, 0.29) is 0 Å². The Morgan fingerprint density at radius 2 is 1.74 bits per heavy atom. The first-order chi connectivity index (χ1) is 17.6. The molecule has 3 atom stereocenters. The number of halogens is 6. The summed E-state index contributed by atoms with van der Waals surface area (Å²) < 4.78 is 74.8. The minimum Gasteiger partial charge on any atom is -0.475 e. The van der Waals surface area contributed by atoms with Crippen molar-refractivity contribution in [3.05, 3.63) is 40.2 Å². The van der Waals surface area contributed by atoms with Crippen LogP contribution in [0.2, 0.25) is 0 Å². The number of furan rings is 1. The summed E-state index contributed by atoms with van der Waals surface area (Å²) >= 11 is 1.78. The molecule has 214 valence electrons. The molecule has 0 aromatic carbocycles. The lowest BCUT2D eigenvalue weighted by Crippen LogP contribution is -2.50. The number of hydrogen-bond acceptors (Lipinski definition) is 8. The molecule has 0 bridgehead atoms. The van der Waals surface area contributed by atoms with E-state index in [4.69, 9.17) is 29.0 Å². The van der Waals surface area contributed by atoms with Crippen LogP contribution in [0.25, 0.3) is 0 Å². The Morgan fingerprint density at radius 3 is 2.18 bits per heavy atom. The van der Waals surface area contributed by atoms with Crippen LogP contribution in [0.5, 0.6) is 0 Å². The van der Waals surface area contributed by atoms with Gasteiger partial charge in [-0.1, -0.05) is 0 Å². The maximum Gasteiger partial charge on any atom is 0.490 e. The van der Waals surface area contributed by atoms with Gasteiger partial charge >= 0.3 is 24.3 Å². The first-order valence-electron chi connectivity index (χ1n) is 11.1. The molecule has 2 aromatic heterocycles. The maximum atomic E-state index is 10.6. The third-order valence-electron chi connectivity index (χ3n) is 5.99. The summed E-state index contributed by atoms with van der Waals surface area (Å²) in [6.45, 7) is 7.30. The van der Waals surface area contributed by atoms with Gasteiger partial charge in [0, 0.05) is 50.1 Å². The molecule has 0 spiro atoms. The average molecular weight is 576 g/mol. The first-order valence-corrected chi connectivity index (χ1v) is 12.0. The molecule has 2 saturated heterocycles. The fourth-order valence-electron chi connectivity index (χ4n) is 4.22. The second-order valence-corrected chi connectivity index (χ2v) is 9.44. The van der Waals surface area contributed by atoms with Crippen LogP contribution in [0.4, 0.5) is 26.3 Å². The summed E-state index contributed by atoms with van der Waals surface area (Å²) in [6, 6.07) is 4.59. The molecule has 0 radical (unpaired) electrons. The molecular weight excluding hydrogens is 548 g/mol. The van der Waals surface area contributed by atoms with Crippen LogP contribution in [0.1, 0.15) is 22.8 Å². The predicted molar refractivity (Wildman–Crippen MR) is 121 cm³/mol. The highest BCUT2D eigenvalue weighted by Gasteiger charge is 2.44. The molecule has 2 N–H and O–H groups in total. The van der Waals surface area contributed by atoms with Crippen molar-refractivity contribution in [1.82, 2.24) is 14.8 Å². The summed E-state index contributed by atoms with van der Waals surface area (Å²) in [5.41, 5.74) is 3.14. The predicted octanol–water partition coefficient (Wildman–Crippen LogP) is 4.03. The van der Waals surface area contributed by atoms with Crippen molar-refractivity contribution >= 4 is 23.3 Å². The molecule has 2 aliphatic rings. The lowest BCUT2D eigenvalue weighted by atomic mass is 9.89. The van der Waals surface area contributed by atoms with Crippen molar-refractivity contribution < 1.29 is 55.3 Å². The maximum absolute atomic E-state index is 10.6. The monoisotopic (exact) mass is 575 g/mol. The third-order valence-corrected chi connectivity index (χ3v) is 6.91. The lowest BCUT2D eigenvalue weighted by molar-refractivity contribution is -0.193. The van der Waals surface area contributed by atoms with E-state index in [0.29, 0.717) is 18.1 Å². The number of aromatic nitrogens is 1. The Bertz CT molecular complexity index is 1010. The minimum atomic E-state index is -5.08. The average Bonchev–Trinajstić information content (AvgIpc) is 3.56. The largest absolute Gasteiger partial charge is 0.490 e. The highest BCUT2D eigenvalue weighted by Crippen LogP contribution is 2.34. The van der Waals surface area contributed by atoms with Crippen LogP contribution in [0.15, 0.2) is 28.3 Å². The zero-order valence-electron chi connectivity index (χ0n) is 20.3. The molecule has 9 nitrogen and oxygen atoms in total. The van der Waals surface area contributed by atoms with Crippen molar-refractivity contribution in [2.75, 3.05) is 26.7 Å². The Morgan fingerprint density at radius 1 is 1.13 bits per heavy atom. The molecule has 4 heterocycles. The molecule has 0 unspecified atom stereocenters. The molecule has 0 saturated carbocycles. The van der Waals surface area contributed by atoms with Gasteiger partial charge in [0.25, 0.3) is 0 Å². The van der Waals surface area contributed by atoms with Gasteiger partial charge in [0.05, 0.1) is 30.1 Å². The molecule has 4 rings (SSSR count). The number of piperidine rings is 1. The SMILES string of the molecule is CO[C@@H]1CCN(Cc2scnc2C)[C@@H]2CN(Cc3ccco3)C[C@@H]21.O=C(O)C(F)(F)F.O=C(O)C(F)(F)F. The van der Waals surface area contributed by atoms with Gasteiger partial charge in [-0.05, 0) is 25.5 Å². The number of aliphatic carboxylic acids is 2. The van der Waals surface area contributed by atoms with Crippen molar-refractivity contribution in [2.24, 2.45) is 5.92 Å². The van der Waals surface area contributed by atoms with Gasteiger partial charge in [-0.3, -0.25) is 9.80 Å². The van der Waals surface area contributed by atoms with E-state index in [1.165, 1.54) is 10.6 Å². The van der Waals surface area contributed by atoms with Crippen molar-refractivity contribution in [3.63, 3.8) is 0 Å².